The standard InChI is InChI=1S/C25H38F2/c1-2-3-4-5-6-7-8-9-10-21-11-16-23(17-12-21)24-18-13-22(14-19-24)15-20-25(26)27/h13-14,18-21,23H,2-12,15-17H2,1H3/t21-,23-. The van der Waals surface area contributed by atoms with Gasteiger partial charge in [0.15, 0.2) is 0 Å². The van der Waals surface area contributed by atoms with Gasteiger partial charge in [-0.2, -0.15) is 8.78 Å². The van der Waals surface area contributed by atoms with E-state index in [4.69, 9.17) is 0 Å². The topological polar surface area (TPSA) is 0 Å². The lowest BCUT2D eigenvalue weighted by atomic mass is 9.77. The average molecular weight is 377 g/mol. The highest BCUT2D eigenvalue weighted by molar-refractivity contribution is 5.27. The first-order chi connectivity index (χ1) is 13.2. The third-order valence-corrected chi connectivity index (χ3v) is 6.26. The number of allylic oxidation sites excluding steroid dienone is 1. The summed E-state index contributed by atoms with van der Waals surface area (Å²) in [5.74, 6) is 1.60. The molecule has 0 N–H and O–H groups in total. The van der Waals surface area contributed by atoms with Gasteiger partial charge in [-0.1, -0.05) is 89.0 Å². The molecule has 0 nitrogen and oxygen atoms in total. The maximum atomic E-state index is 12.2. The van der Waals surface area contributed by atoms with E-state index in [0.29, 0.717) is 12.3 Å². The first kappa shape index (κ1) is 22.1. The Bertz CT molecular complexity index is 520. The third kappa shape index (κ3) is 9.04. The lowest BCUT2D eigenvalue weighted by Gasteiger charge is -2.29. The Labute approximate surface area is 165 Å². The Hall–Kier alpha value is -1.18. The summed E-state index contributed by atoms with van der Waals surface area (Å²) in [7, 11) is 0. The van der Waals surface area contributed by atoms with Gasteiger partial charge in [0.25, 0.3) is 6.08 Å². The van der Waals surface area contributed by atoms with Crippen LogP contribution in [0.15, 0.2) is 36.4 Å². The normalized spacial score (nSPS) is 19.8. The molecule has 1 aromatic rings. The predicted molar refractivity (Wildman–Crippen MR) is 112 cm³/mol. The largest absolute Gasteiger partial charge is 0.266 e. The maximum Gasteiger partial charge on any atom is 0.266 e. The quantitative estimate of drug-likeness (QED) is 0.320. The van der Waals surface area contributed by atoms with Crippen LogP contribution in [0.5, 0.6) is 0 Å². The van der Waals surface area contributed by atoms with E-state index in [1.807, 2.05) is 12.1 Å². The molecule has 0 radical (unpaired) electrons. The second-order valence-electron chi connectivity index (χ2n) is 8.42. The van der Waals surface area contributed by atoms with Crippen molar-refractivity contribution in [2.24, 2.45) is 5.92 Å². The van der Waals surface area contributed by atoms with Crippen molar-refractivity contribution in [2.75, 3.05) is 0 Å². The first-order valence-electron chi connectivity index (χ1n) is 11.3. The highest BCUT2D eigenvalue weighted by atomic mass is 19.3. The Morgan fingerprint density at radius 3 is 2.04 bits per heavy atom. The molecule has 1 aliphatic rings. The highest BCUT2D eigenvalue weighted by Crippen LogP contribution is 2.37. The fourth-order valence-electron chi connectivity index (χ4n) is 4.47. The van der Waals surface area contributed by atoms with E-state index in [-0.39, 0.29) is 0 Å². The van der Waals surface area contributed by atoms with Crippen LogP contribution in [0.4, 0.5) is 8.78 Å². The summed E-state index contributed by atoms with van der Waals surface area (Å²) in [6.07, 6.45) is 17.7. The van der Waals surface area contributed by atoms with Gasteiger partial charge in [-0.25, -0.2) is 0 Å². The maximum absolute atomic E-state index is 12.2. The van der Waals surface area contributed by atoms with Crippen molar-refractivity contribution in [3.8, 4) is 0 Å². The van der Waals surface area contributed by atoms with Gasteiger partial charge in [0.2, 0.25) is 0 Å². The second kappa shape index (κ2) is 13.1. The molecule has 0 aliphatic heterocycles. The molecule has 0 heterocycles. The molecule has 0 atom stereocenters. The number of benzene rings is 1. The summed E-state index contributed by atoms with van der Waals surface area (Å²) < 4.78 is 24.4. The van der Waals surface area contributed by atoms with Crippen molar-refractivity contribution in [2.45, 2.75) is 103 Å². The van der Waals surface area contributed by atoms with Gasteiger partial charge in [-0.3, -0.25) is 0 Å². The molecule has 1 aliphatic carbocycles. The second-order valence-corrected chi connectivity index (χ2v) is 8.42. The van der Waals surface area contributed by atoms with Crippen LogP contribution in [-0.4, -0.2) is 0 Å². The Balaban J connectivity index is 1.59. The molecule has 27 heavy (non-hydrogen) atoms. The number of unbranched alkanes of at least 4 members (excludes halogenated alkanes) is 7. The highest BCUT2D eigenvalue weighted by Gasteiger charge is 2.21. The van der Waals surface area contributed by atoms with Crippen molar-refractivity contribution < 1.29 is 8.78 Å². The number of hydrogen-bond donors (Lipinski definition) is 0. The smallest absolute Gasteiger partial charge is 0.174 e. The summed E-state index contributed by atoms with van der Waals surface area (Å²) in [5.41, 5.74) is 2.36. The number of halogens is 2. The molecular weight excluding hydrogens is 338 g/mol. The summed E-state index contributed by atoms with van der Waals surface area (Å²) in [4.78, 5) is 0. The lowest BCUT2D eigenvalue weighted by molar-refractivity contribution is 0.301. The van der Waals surface area contributed by atoms with Crippen LogP contribution < -0.4 is 0 Å². The molecule has 0 spiro atoms. The van der Waals surface area contributed by atoms with E-state index in [0.717, 1.165) is 17.6 Å². The van der Waals surface area contributed by atoms with Crippen LogP contribution in [0.1, 0.15) is 107 Å². The van der Waals surface area contributed by atoms with E-state index in [1.54, 1.807) is 0 Å². The zero-order valence-corrected chi connectivity index (χ0v) is 17.2. The Kier molecular flexibility index (Phi) is 10.7. The van der Waals surface area contributed by atoms with Crippen molar-refractivity contribution in [1.82, 2.24) is 0 Å². The summed E-state index contributed by atoms with van der Waals surface area (Å²) in [6, 6.07) is 8.34. The molecule has 0 bridgehead atoms. The van der Waals surface area contributed by atoms with E-state index < -0.39 is 6.08 Å². The van der Waals surface area contributed by atoms with Crippen molar-refractivity contribution in [3.63, 3.8) is 0 Å². The van der Waals surface area contributed by atoms with Crippen LogP contribution in [-0.2, 0) is 6.42 Å². The van der Waals surface area contributed by atoms with E-state index in [9.17, 15) is 8.78 Å². The van der Waals surface area contributed by atoms with Crippen LogP contribution in [0.2, 0.25) is 0 Å². The zero-order chi connectivity index (χ0) is 19.3. The molecule has 1 aromatic carbocycles. The molecule has 1 fully saturated rings. The summed E-state index contributed by atoms with van der Waals surface area (Å²) in [5, 5.41) is 0. The van der Waals surface area contributed by atoms with Gasteiger partial charge in [0.1, 0.15) is 0 Å². The van der Waals surface area contributed by atoms with Crippen LogP contribution in [0.25, 0.3) is 0 Å². The molecule has 0 aromatic heterocycles. The molecule has 2 heteroatoms. The van der Waals surface area contributed by atoms with Crippen molar-refractivity contribution >= 4 is 0 Å². The molecule has 1 saturated carbocycles. The fourth-order valence-corrected chi connectivity index (χ4v) is 4.47. The lowest BCUT2D eigenvalue weighted by Crippen LogP contribution is -2.13. The van der Waals surface area contributed by atoms with Crippen molar-refractivity contribution in [1.29, 1.82) is 0 Å². The minimum Gasteiger partial charge on any atom is -0.174 e. The van der Waals surface area contributed by atoms with Crippen LogP contribution in [0, 0.1) is 5.92 Å². The summed E-state index contributed by atoms with van der Waals surface area (Å²) >= 11 is 0. The molecule has 0 unspecified atom stereocenters. The van der Waals surface area contributed by atoms with Crippen LogP contribution >= 0.6 is 0 Å². The molecule has 0 saturated heterocycles. The monoisotopic (exact) mass is 376 g/mol. The van der Waals surface area contributed by atoms with Gasteiger partial charge in [-0.15, -0.1) is 0 Å². The van der Waals surface area contributed by atoms with Gasteiger partial charge in [0, 0.05) is 0 Å². The Morgan fingerprint density at radius 1 is 0.852 bits per heavy atom. The summed E-state index contributed by atoms with van der Waals surface area (Å²) in [6.45, 7) is 2.28. The zero-order valence-electron chi connectivity index (χ0n) is 17.2. The van der Waals surface area contributed by atoms with Crippen molar-refractivity contribution in [3.05, 3.63) is 47.5 Å². The van der Waals surface area contributed by atoms with Crippen LogP contribution in [0.3, 0.4) is 0 Å². The Morgan fingerprint density at radius 2 is 1.44 bits per heavy atom. The average Bonchev–Trinajstić information content (AvgIpc) is 2.69. The fraction of sp³-hybridized carbons (Fsp3) is 0.680. The molecule has 152 valence electrons. The van der Waals surface area contributed by atoms with E-state index in [2.05, 4.69) is 19.1 Å². The SMILES string of the molecule is CCCCCCCCCC[C@H]1CC[C@H](c2ccc(CC=C(F)F)cc2)CC1. The van der Waals surface area contributed by atoms with E-state index in [1.165, 1.54) is 89.0 Å². The first-order valence-corrected chi connectivity index (χ1v) is 11.3. The number of hydrogen-bond acceptors (Lipinski definition) is 0. The van der Waals surface area contributed by atoms with Gasteiger partial charge in [0.05, 0.1) is 0 Å². The molecule has 0 amide bonds. The minimum atomic E-state index is -1.59. The molecular formula is C25H38F2. The van der Waals surface area contributed by atoms with Gasteiger partial charge in [-0.05, 0) is 61.1 Å². The van der Waals surface area contributed by atoms with Gasteiger partial charge < -0.3 is 0 Å². The predicted octanol–water partition coefficient (Wildman–Crippen LogP) is 8.81. The molecule has 2 rings (SSSR count). The number of rotatable bonds is 12. The van der Waals surface area contributed by atoms with Gasteiger partial charge >= 0.3 is 0 Å². The third-order valence-electron chi connectivity index (χ3n) is 6.26. The minimum absolute atomic E-state index is 0.327. The van der Waals surface area contributed by atoms with E-state index >= 15 is 0 Å².